The Morgan fingerprint density at radius 1 is 1.35 bits per heavy atom. The summed E-state index contributed by atoms with van der Waals surface area (Å²) in [7, 11) is 1.17. The van der Waals surface area contributed by atoms with Crippen LogP contribution in [0.3, 0.4) is 0 Å². The monoisotopic (exact) mass is 355 g/mol. The number of methoxy groups -OCH3 is 1. The van der Waals surface area contributed by atoms with Gasteiger partial charge in [0.2, 0.25) is 5.88 Å². The molecule has 0 bridgehead atoms. The first-order valence-corrected chi connectivity index (χ1v) is 7.22. The van der Waals surface area contributed by atoms with Crippen molar-refractivity contribution in [2.75, 3.05) is 12.4 Å². The number of hydrogen-bond acceptors (Lipinski definition) is 7. The Morgan fingerprint density at radius 3 is 2.54 bits per heavy atom. The van der Waals surface area contributed by atoms with Crippen LogP contribution in [0, 0.1) is 28.4 Å². The summed E-state index contributed by atoms with van der Waals surface area (Å²) >= 11 is 0. The fourth-order valence-electron chi connectivity index (χ4n) is 2.12. The SMILES string of the molecule is COC(=O)c1c(C)oc(NC(=O)/C=C/c2ccc([N+](=O)[O-])cc2)c1C#N. The summed E-state index contributed by atoms with van der Waals surface area (Å²) < 4.78 is 9.85. The number of nitriles is 1. The highest BCUT2D eigenvalue weighted by atomic mass is 16.6. The number of non-ortho nitro benzene ring substituents is 1. The highest BCUT2D eigenvalue weighted by molar-refractivity contribution is 6.03. The number of nitro groups is 1. The molecular formula is C17H13N3O6. The number of nitro benzene ring substituents is 1. The van der Waals surface area contributed by atoms with E-state index in [1.807, 2.05) is 0 Å². The number of amides is 1. The van der Waals surface area contributed by atoms with Gasteiger partial charge in [0.1, 0.15) is 23.0 Å². The Balaban J connectivity index is 2.16. The van der Waals surface area contributed by atoms with Gasteiger partial charge in [-0.25, -0.2) is 4.79 Å². The van der Waals surface area contributed by atoms with Gasteiger partial charge < -0.3 is 9.15 Å². The van der Waals surface area contributed by atoms with Crippen molar-refractivity contribution in [3.8, 4) is 6.07 Å². The van der Waals surface area contributed by atoms with Gasteiger partial charge in [-0.1, -0.05) is 0 Å². The van der Waals surface area contributed by atoms with Crippen LogP contribution in [0.5, 0.6) is 0 Å². The van der Waals surface area contributed by atoms with E-state index in [0.717, 1.165) is 6.08 Å². The number of carbonyl (C=O) groups excluding carboxylic acids is 2. The zero-order valence-electron chi connectivity index (χ0n) is 13.8. The maximum atomic E-state index is 12.0. The molecule has 2 aromatic rings. The van der Waals surface area contributed by atoms with Crippen LogP contribution in [-0.2, 0) is 9.53 Å². The molecule has 0 atom stereocenters. The largest absolute Gasteiger partial charge is 0.465 e. The smallest absolute Gasteiger partial charge is 0.342 e. The van der Waals surface area contributed by atoms with E-state index in [4.69, 9.17) is 4.42 Å². The van der Waals surface area contributed by atoms with Gasteiger partial charge in [0.05, 0.1) is 12.0 Å². The second-order valence-electron chi connectivity index (χ2n) is 5.01. The van der Waals surface area contributed by atoms with E-state index in [0.29, 0.717) is 5.56 Å². The lowest BCUT2D eigenvalue weighted by atomic mass is 10.1. The van der Waals surface area contributed by atoms with E-state index in [9.17, 15) is 25.0 Å². The lowest BCUT2D eigenvalue weighted by Crippen LogP contribution is -2.09. The molecule has 9 nitrogen and oxygen atoms in total. The van der Waals surface area contributed by atoms with Crippen LogP contribution >= 0.6 is 0 Å². The summed E-state index contributed by atoms with van der Waals surface area (Å²) in [6, 6.07) is 7.38. The molecule has 0 radical (unpaired) electrons. The standard InChI is InChI=1S/C17H13N3O6/c1-10-15(17(22)25-2)13(9-18)16(26-10)19-14(21)8-5-11-3-6-12(7-4-11)20(23)24/h3-8H,1-2H3,(H,19,21)/b8-5+. The Kier molecular flexibility index (Phi) is 5.49. The van der Waals surface area contributed by atoms with Gasteiger partial charge in [0.15, 0.2) is 0 Å². The number of nitrogens with zero attached hydrogens (tertiary/aromatic N) is 2. The van der Waals surface area contributed by atoms with E-state index in [1.54, 1.807) is 6.07 Å². The van der Waals surface area contributed by atoms with Gasteiger partial charge in [-0.2, -0.15) is 5.26 Å². The molecule has 0 unspecified atom stereocenters. The molecule has 1 amide bonds. The quantitative estimate of drug-likeness (QED) is 0.377. The molecule has 9 heteroatoms. The number of hydrogen-bond donors (Lipinski definition) is 1. The summed E-state index contributed by atoms with van der Waals surface area (Å²) in [5, 5.41) is 22.2. The number of carbonyl (C=O) groups is 2. The minimum Gasteiger partial charge on any atom is -0.465 e. The lowest BCUT2D eigenvalue weighted by Gasteiger charge is -1.99. The fourth-order valence-corrected chi connectivity index (χ4v) is 2.12. The summed E-state index contributed by atoms with van der Waals surface area (Å²) in [5.41, 5.74) is 0.319. The Hall–Kier alpha value is -3.93. The number of furan rings is 1. The van der Waals surface area contributed by atoms with Gasteiger partial charge in [0, 0.05) is 18.2 Å². The highest BCUT2D eigenvalue weighted by Crippen LogP contribution is 2.27. The fraction of sp³-hybridized carbons (Fsp3) is 0.118. The third kappa shape index (κ3) is 3.93. The number of rotatable bonds is 5. The van der Waals surface area contributed by atoms with Crippen LogP contribution in [0.4, 0.5) is 11.6 Å². The van der Waals surface area contributed by atoms with Crippen LogP contribution in [0.25, 0.3) is 6.08 Å². The van der Waals surface area contributed by atoms with E-state index >= 15 is 0 Å². The lowest BCUT2D eigenvalue weighted by molar-refractivity contribution is -0.384. The molecule has 1 heterocycles. The summed E-state index contributed by atoms with van der Waals surface area (Å²) in [6.07, 6.45) is 2.60. The molecule has 0 spiro atoms. The zero-order valence-corrected chi connectivity index (χ0v) is 13.8. The van der Waals surface area contributed by atoms with E-state index in [-0.39, 0.29) is 28.5 Å². The summed E-state index contributed by atoms with van der Waals surface area (Å²) in [5.74, 6) is -1.37. The minimum atomic E-state index is -0.746. The first kappa shape index (κ1) is 18.4. The predicted molar refractivity (Wildman–Crippen MR) is 90.3 cm³/mol. The molecular weight excluding hydrogens is 342 g/mol. The first-order valence-electron chi connectivity index (χ1n) is 7.22. The van der Waals surface area contributed by atoms with Crippen LogP contribution < -0.4 is 5.32 Å². The average molecular weight is 355 g/mol. The molecule has 26 heavy (non-hydrogen) atoms. The molecule has 0 aliphatic carbocycles. The van der Waals surface area contributed by atoms with E-state index in [1.165, 1.54) is 44.4 Å². The van der Waals surface area contributed by atoms with Crippen molar-refractivity contribution in [2.45, 2.75) is 6.92 Å². The van der Waals surface area contributed by atoms with Gasteiger partial charge >= 0.3 is 5.97 Å². The molecule has 0 fully saturated rings. The maximum absolute atomic E-state index is 12.0. The third-order valence-corrected chi connectivity index (χ3v) is 3.35. The zero-order chi connectivity index (χ0) is 19.3. The topological polar surface area (TPSA) is 135 Å². The van der Waals surface area contributed by atoms with Crippen molar-refractivity contribution in [3.63, 3.8) is 0 Å². The maximum Gasteiger partial charge on any atom is 0.342 e. The highest BCUT2D eigenvalue weighted by Gasteiger charge is 2.24. The van der Waals surface area contributed by atoms with Crippen molar-refractivity contribution < 1.29 is 23.7 Å². The summed E-state index contributed by atoms with van der Waals surface area (Å²) in [6.45, 7) is 1.47. The molecule has 0 saturated heterocycles. The average Bonchev–Trinajstić information content (AvgIpc) is 2.94. The molecule has 2 rings (SSSR count). The van der Waals surface area contributed by atoms with Crippen molar-refractivity contribution in [3.05, 3.63) is 62.9 Å². The molecule has 1 aromatic heterocycles. The number of esters is 1. The number of anilines is 1. The van der Waals surface area contributed by atoms with Crippen LogP contribution in [0.1, 0.15) is 27.2 Å². The second kappa shape index (κ2) is 7.76. The number of aryl methyl sites for hydroxylation is 1. The van der Waals surface area contributed by atoms with Gasteiger partial charge in [-0.3, -0.25) is 20.2 Å². The van der Waals surface area contributed by atoms with Crippen molar-refractivity contribution >= 4 is 29.5 Å². The Morgan fingerprint density at radius 2 is 2.00 bits per heavy atom. The minimum absolute atomic E-state index is 0.0513. The van der Waals surface area contributed by atoms with Crippen LogP contribution in [0.15, 0.2) is 34.8 Å². The Labute approximate surface area is 147 Å². The normalized spacial score (nSPS) is 10.3. The first-order chi connectivity index (χ1) is 12.4. The summed E-state index contributed by atoms with van der Waals surface area (Å²) in [4.78, 5) is 33.8. The van der Waals surface area contributed by atoms with Crippen molar-refractivity contribution in [1.29, 1.82) is 5.26 Å². The third-order valence-electron chi connectivity index (χ3n) is 3.35. The number of nitrogens with one attached hydrogen (secondary N) is 1. The van der Waals surface area contributed by atoms with E-state index < -0.39 is 16.8 Å². The molecule has 0 aliphatic rings. The molecule has 0 saturated carbocycles. The molecule has 132 valence electrons. The second-order valence-corrected chi connectivity index (χ2v) is 5.01. The van der Waals surface area contributed by atoms with Gasteiger partial charge in [-0.05, 0) is 30.7 Å². The predicted octanol–water partition coefficient (Wildman–Crippen LogP) is 2.81. The van der Waals surface area contributed by atoms with Gasteiger partial charge in [-0.15, -0.1) is 0 Å². The molecule has 0 aliphatic heterocycles. The molecule has 1 N–H and O–H groups in total. The van der Waals surface area contributed by atoms with Crippen molar-refractivity contribution in [2.24, 2.45) is 0 Å². The number of ether oxygens (including phenoxy) is 1. The van der Waals surface area contributed by atoms with Gasteiger partial charge in [0.25, 0.3) is 11.6 Å². The van der Waals surface area contributed by atoms with Crippen LogP contribution in [-0.4, -0.2) is 23.9 Å². The Bertz CT molecular complexity index is 935. The van der Waals surface area contributed by atoms with Crippen molar-refractivity contribution in [1.82, 2.24) is 0 Å². The van der Waals surface area contributed by atoms with Crippen LogP contribution in [0.2, 0.25) is 0 Å². The molecule has 1 aromatic carbocycles. The van der Waals surface area contributed by atoms with E-state index in [2.05, 4.69) is 10.1 Å². The number of benzene rings is 1.